The van der Waals surface area contributed by atoms with Crippen molar-refractivity contribution in [2.75, 3.05) is 45.9 Å². The van der Waals surface area contributed by atoms with E-state index in [0.29, 0.717) is 58.3 Å². The van der Waals surface area contributed by atoms with Crippen LogP contribution in [0.3, 0.4) is 0 Å². The highest BCUT2D eigenvalue weighted by Gasteiger charge is 2.29. The molecule has 0 radical (unpaired) electrons. The molecule has 2 aliphatic heterocycles. The molecular weight excluding hydrogens is 308 g/mol. The fraction of sp³-hybridized carbons (Fsp3) is 0.714. The zero-order valence-electron chi connectivity index (χ0n) is 12.8. The van der Waals surface area contributed by atoms with Crippen LogP contribution in [0.25, 0.3) is 0 Å². The number of carbonyl (C=O) groups excluding carboxylic acids is 1. The van der Waals surface area contributed by atoms with Crippen molar-refractivity contribution >= 4 is 5.91 Å². The Labute approximate surface area is 133 Å². The van der Waals surface area contributed by atoms with E-state index in [-0.39, 0.29) is 11.9 Å². The summed E-state index contributed by atoms with van der Waals surface area (Å²) in [5.74, 6) is 0.403. The zero-order valence-corrected chi connectivity index (χ0v) is 12.8. The van der Waals surface area contributed by atoms with Gasteiger partial charge in [0, 0.05) is 45.1 Å². The van der Waals surface area contributed by atoms with Crippen LogP contribution in [0.4, 0.5) is 8.78 Å². The number of hydrogen-bond donors (Lipinski definition) is 1. The third-order valence-corrected chi connectivity index (χ3v) is 4.23. The van der Waals surface area contributed by atoms with Crippen LogP contribution >= 0.6 is 0 Å². The second-order valence-electron chi connectivity index (χ2n) is 5.71. The predicted octanol–water partition coefficient (Wildman–Crippen LogP) is -0.0892. The average molecular weight is 329 g/mol. The molecule has 0 spiro atoms. The molecule has 1 atom stereocenters. The maximum atomic E-state index is 12.8. The van der Waals surface area contributed by atoms with Crippen LogP contribution in [0.15, 0.2) is 12.4 Å². The molecule has 2 saturated heterocycles. The van der Waals surface area contributed by atoms with Gasteiger partial charge in [-0.2, -0.15) is 8.78 Å². The molecule has 23 heavy (non-hydrogen) atoms. The van der Waals surface area contributed by atoms with Crippen molar-refractivity contribution in [2.24, 2.45) is 0 Å². The van der Waals surface area contributed by atoms with Crippen LogP contribution in [0.1, 0.15) is 12.4 Å². The highest BCUT2D eigenvalue weighted by atomic mass is 19.3. The third kappa shape index (κ3) is 3.85. The minimum absolute atomic E-state index is 0.0541. The summed E-state index contributed by atoms with van der Waals surface area (Å²) in [6.07, 6.45) is 2.67. The summed E-state index contributed by atoms with van der Waals surface area (Å²) in [6, 6.07) is -0.270. The number of aromatic nitrogens is 2. The van der Waals surface area contributed by atoms with E-state index < -0.39 is 6.55 Å². The topological polar surface area (TPSA) is 62.6 Å². The summed E-state index contributed by atoms with van der Waals surface area (Å²) in [7, 11) is 0. The number of morpholine rings is 1. The molecule has 1 unspecified atom stereocenters. The quantitative estimate of drug-likeness (QED) is 0.837. The van der Waals surface area contributed by atoms with Crippen LogP contribution < -0.4 is 5.32 Å². The summed E-state index contributed by atoms with van der Waals surface area (Å²) < 4.78 is 31.8. The number of piperazine rings is 1. The molecule has 2 aliphatic rings. The fourth-order valence-electron chi connectivity index (χ4n) is 2.91. The number of nitrogens with zero attached hydrogens (tertiary/aromatic N) is 4. The Morgan fingerprint density at radius 3 is 2.83 bits per heavy atom. The summed E-state index contributed by atoms with van der Waals surface area (Å²) in [5.41, 5.74) is 0. The van der Waals surface area contributed by atoms with E-state index >= 15 is 0 Å². The van der Waals surface area contributed by atoms with E-state index in [9.17, 15) is 13.6 Å². The molecule has 2 fully saturated rings. The molecule has 7 nitrogen and oxygen atoms in total. The summed E-state index contributed by atoms with van der Waals surface area (Å²) >= 11 is 0. The molecule has 9 heteroatoms. The maximum absolute atomic E-state index is 12.8. The first-order chi connectivity index (χ1) is 11.1. The summed E-state index contributed by atoms with van der Waals surface area (Å²) in [5, 5.41) is 3.16. The molecule has 1 N–H and O–H groups in total. The number of ether oxygens (including phenoxy) is 1. The van der Waals surface area contributed by atoms with Gasteiger partial charge in [-0.3, -0.25) is 14.3 Å². The lowest BCUT2D eigenvalue weighted by Gasteiger charge is -2.37. The van der Waals surface area contributed by atoms with Gasteiger partial charge in [-0.25, -0.2) is 4.98 Å². The Hall–Kier alpha value is -1.58. The van der Waals surface area contributed by atoms with Crippen molar-refractivity contribution < 1.29 is 18.3 Å². The van der Waals surface area contributed by atoms with E-state index in [1.54, 1.807) is 0 Å². The lowest BCUT2D eigenvalue weighted by molar-refractivity contribution is -0.138. The highest BCUT2D eigenvalue weighted by Crippen LogP contribution is 2.15. The molecular formula is C14H21F2N5O2. The third-order valence-electron chi connectivity index (χ3n) is 4.23. The van der Waals surface area contributed by atoms with Gasteiger partial charge in [-0.15, -0.1) is 0 Å². The Morgan fingerprint density at radius 2 is 2.17 bits per heavy atom. The predicted molar refractivity (Wildman–Crippen MR) is 77.9 cm³/mol. The lowest BCUT2D eigenvalue weighted by Crippen LogP contribution is -2.57. The first kappa shape index (κ1) is 16.3. The smallest absolute Gasteiger partial charge is 0.319 e. The molecule has 0 saturated carbocycles. The standard InChI is InChI=1S/C14H21F2N5O2/c15-14(16)21-3-1-18-12(21)9-19-4-6-20(7-5-19)13(22)11-10-23-8-2-17-11/h1,3,11,14,17H,2,4-10H2. The SMILES string of the molecule is O=C(C1COCCN1)N1CCN(Cc2nccn2C(F)F)CC1. The van der Waals surface area contributed by atoms with E-state index in [4.69, 9.17) is 4.74 Å². The number of carbonyl (C=O) groups is 1. The van der Waals surface area contributed by atoms with E-state index in [1.807, 2.05) is 9.80 Å². The first-order valence-electron chi connectivity index (χ1n) is 7.77. The second-order valence-corrected chi connectivity index (χ2v) is 5.71. The molecule has 0 bridgehead atoms. The highest BCUT2D eigenvalue weighted by molar-refractivity contribution is 5.82. The second kappa shape index (κ2) is 7.33. The Balaban J connectivity index is 1.50. The Kier molecular flexibility index (Phi) is 5.19. The number of alkyl halides is 2. The molecule has 128 valence electrons. The number of rotatable bonds is 4. The van der Waals surface area contributed by atoms with Crippen molar-refractivity contribution in [3.05, 3.63) is 18.2 Å². The van der Waals surface area contributed by atoms with E-state index in [0.717, 1.165) is 4.57 Å². The van der Waals surface area contributed by atoms with Crippen molar-refractivity contribution in [1.82, 2.24) is 24.7 Å². The van der Waals surface area contributed by atoms with Crippen molar-refractivity contribution in [2.45, 2.75) is 19.1 Å². The number of imidazole rings is 1. The molecule has 3 rings (SSSR count). The van der Waals surface area contributed by atoms with E-state index in [1.165, 1.54) is 12.4 Å². The molecule has 0 aromatic carbocycles. The van der Waals surface area contributed by atoms with Crippen LogP contribution in [0.2, 0.25) is 0 Å². The molecule has 1 aromatic rings. The summed E-state index contributed by atoms with van der Waals surface area (Å²) in [4.78, 5) is 20.2. The van der Waals surface area contributed by atoms with Crippen LogP contribution in [-0.2, 0) is 16.1 Å². The van der Waals surface area contributed by atoms with Gasteiger partial charge in [0.05, 0.1) is 19.8 Å². The fourth-order valence-corrected chi connectivity index (χ4v) is 2.91. The van der Waals surface area contributed by atoms with Gasteiger partial charge < -0.3 is 15.0 Å². The van der Waals surface area contributed by atoms with Gasteiger partial charge in [-0.1, -0.05) is 0 Å². The van der Waals surface area contributed by atoms with Crippen molar-refractivity contribution in [3.63, 3.8) is 0 Å². The number of hydrogen-bond acceptors (Lipinski definition) is 5. The molecule has 0 aliphatic carbocycles. The van der Waals surface area contributed by atoms with Gasteiger partial charge in [0.2, 0.25) is 5.91 Å². The monoisotopic (exact) mass is 329 g/mol. The van der Waals surface area contributed by atoms with Gasteiger partial charge in [0.25, 0.3) is 0 Å². The molecule has 3 heterocycles. The van der Waals surface area contributed by atoms with Gasteiger partial charge >= 0.3 is 6.55 Å². The summed E-state index contributed by atoms with van der Waals surface area (Å²) in [6.45, 7) is 1.99. The largest absolute Gasteiger partial charge is 0.378 e. The zero-order chi connectivity index (χ0) is 16.2. The lowest BCUT2D eigenvalue weighted by atomic mass is 10.2. The van der Waals surface area contributed by atoms with Crippen LogP contribution in [-0.4, -0.2) is 77.2 Å². The number of nitrogens with one attached hydrogen (secondary N) is 1. The molecule has 1 amide bonds. The Bertz CT molecular complexity index is 525. The maximum Gasteiger partial charge on any atom is 0.319 e. The van der Waals surface area contributed by atoms with Gasteiger partial charge in [0.15, 0.2) is 0 Å². The minimum atomic E-state index is -2.58. The van der Waals surface area contributed by atoms with E-state index in [2.05, 4.69) is 10.3 Å². The first-order valence-corrected chi connectivity index (χ1v) is 7.77. The van der Waals surface area contributed by atoms with Gasteiger partial charge in [-0.05, 0) is 0 Å². The van der Waals surface area contributed by atoms with Crippen LogP contribution in [0, 0.1) is 0 Å². The number of halogens is 2. The average Bonchev–Trinajstić information content (AvgIpc) is 3.04. The minimum Gasteiger partial charge on any atom is -0.378 e. The normalized spacial score (nSPS) is 23.4. The van der Waals surface area contributed by atoms with Crippen LogP contribution in [0.5, 0.6) is 0 Å². The van der Waals surface area contributed by atoms with Gasteiger partial charge in [0.1, 0.15) is 11.9 Å². The van der Waals surface area contributed by atoms with Crippen molar-refractivity contribution in [3.8, 4) is 0 Å². The van der Waals surface area contributed by atoms with Crippen molar-refractivity contribution in [1.29, 1.82) is 0 Å². The Morgan fingerprint density at radius 1 is 1.39 bits per heavy atom. The molecule has 1 aromatic heterocycles. The number of amides is 1.